The first-order chi connectivity index (χ1) is 10.1. The Morgan fingerprint density at radius 3 is 2.57 bits per heavy atom. The molecular weight excluding hydrogens is 302 g/mol. The number of carbonyl (C=O) groups excluding carboxylic acids is 1. The highest BCUT2D eigenvalue weighted by atomic mass is 35.5. The predicted octanol–water partition coefficient (Wildman–Crippen LogP) is 4.69. The topological polar surface area (TPSA) is 29.1 Å². The van der Waals surface area contributed by atoms with Gasteiger partial charge in [0.15, 0.2) is 0 Å². The third-order valence-electron chi connectivity index (χ3n) is 3.22. The molecule has 0 saturated heterocycles. The van der Waals surface area contributed by atoms with E-state index in [1.54, 1.807) is 11.8 Å². The summed E-state index contributed by atoms with van der Waals surface area (Å²) in [5.41, 5.74) is 2.89. The van der Waals surface area contributed by atoms with Gasteiger partial charge in [0, 0.05) is 16.3 Å². The Bertz CT molecular complexity index is 612. The first-order valence-electron chi connectivity index (χ1n) is 6.74. The van der Waals surface area contributed by atoms with Crippen LogP contribution in [0.2, 0.25) is 5.02 Å². The second-order valence-electron chi connectivity index (χ2n) is 4.88. The molecule has 0 spiro atoms. The van der Waals surface area contributed by atoms with E-state index in [0.29, 0.717) is 10.6 Å². The number of amides is 1. The van der Waals surface area contributed by atoms with E-state index in [1.165, 1.54) is 5.56 Å². The summed E-state index contributed by atoms with van der Waals surface area (Å²) in [6.45, 7) is 1.95. The molecule has 1 amide bonds. The lowest BCUT2D eigenvalue weighted by Crippen LogP contribution is -2.26. The normalized spacial score (nSPS) is 12.0. The van der Waals surface area contributed by atoms with E-state index in [9.17, 15) is 4.79 Å². The van der Waals surface area contributed by atoms with Gasteiger partial charge in [-0.2, -0.15) is 11.8 Å². The van der Waals surface area contributed by atoms with Gasteiger partial charge in [-0.25, -0.2) is 0 Å². The lowest BCUT2D eigenvalue weighted by molar-refractivity contribution is 0.0940. The molecule has 2 aromatic rings. The molecule has 0 saturated carbocycles. The van der Waals surface area contributed by atoms with Gasteiger partial charge in [-0.1, -0.05) is 35.9 Å². The van der Waals surface area contributed by atoms with Crippen molar-refractivity contribution in [3.05, 3.63) is 70.2 Å². The Kier molecular flexibility index (Phi) is 5.71. The number of carbonyl (C=O) groups is 1. The fraction of sp³-hybridized carbons (Fsp3) is 0.235. The van der Waals surface area contributed by atoms with Gasteiger partial charge in [0.2, 0.25) is 0 Å². The van der Waals surface area contributed by atoms with Crippen LogP contribution in [0.5, 0.6) is 0 Å². The molecular formula is C17H18ClNOS. The average Bonchev–Trinajstić information content (AvgIpc) is 2.48. The molecule has 4 heteroatoms. The molecule has 110 valence electrons. The number of halogens is 1. The van der Waals surface area contributed by atoms with Crippen molar-refractivity contribution in [2.24, 2.45) is 0 Å². The third-order valence-corrected chi connectivity index (χ3v) is 4.08. The van der Waals surface area contributed by atoms with Gasteiger partial charge in [-0.15, -0.1) is 0 Å². The summed E-state index contributed by atoms with van der Waals surface area (Å²) in [6.07, 6.45) is 2.06. The van der Waals surface area contributed by atoms with Crippen molar-refractivity contribution in [1.82, 2.24) is 5.32 Å². The number of nitrogens with one attached hydrogen (secondary N) is 1. The fourth-order valence-electron chi connectivity index (χ4n) is 2.06. The van der Waals surface area contributed by atoms with Crippen LogP contribution in [0.1, 0.15) is 34.5 Å². The zero-order chi connectivity index (χ0) is 15.2. The van der Waals surface area contributed by atoms with E-state index in [0.717, 1.165) is 11.3 Å². The Balaban J connectivity index is 2.03. The molecule has 0 aliphatic heterocycles. The summed E-state index contributed by atoms with van der Waals surface area (Å²) in [7, 11) is 0. The van der Waals surface area contributed by atoms with Crippen molar-refractivity contribution in [2.45, 2.75) is 18.7 Å². The Labute approximate surface area is 134 Å². The van der Waals surface area contributed by atoms with E-state index < -0.39 is 0 Å². The number of benzene rings is 2. The predicted molar refractivity (Wildman–Crippen MR) is 91.0 cm³/mol. The second-order valence-corrected chi connectivity index (χ2v) is 6.18. The van der Waals surface area contributed by atoms with Crippen LogP contribution in [0.4, 0.5) is 0 Å². The van der Waals surface area contributed by atoms with Gasteiger partial charge in [0.05, 0.1) is 6.04 Å². The number of rotatable bonds is 5. The summed E-state index contributed by atoms with van der Waals surface area (Å²) in [5.74, 6) is 0.888. The summed E-state index contributed by atoms with van der Waals surface area (Å²) in [4.78, 5) is 12.2. The standard InChI is InChI=1S/C17H18ClNOS/c1-12(15-4-3-5-16(18)10-15)19-17(20)14-8-6-13(7-9-14)11-21-2/h3-10,12H,11H2,1-2H3,(H,19,20)/t12-/m1/s1. The van der Waals surface area contributed by atoms with E-state index >= 15 is 0 Å². The first-order valence-corrected chi connectivity index (χ1v) is 8.51. The molecule has 2 nitrogen and oxygen atoms in total. The molecule has 0 bridgehead atoms. The van der Waals surface area contributed by atoms with E-state index in [1.807, 2.05) is 55.5 Å². The highest BCUT2D eigenvalue weighted by molar-refractivity contribution is 7.97. The molecule has 1 atom stereocenters. The maximum Gasteiger partial charge on any atom is 0.251 e. The zero-order valence-electron chi connectivity index (χ0n) is 12.1. The smallest absolute Gasteiger partial charge is 0.251 e. The van der Waals surface area contributed by atoms with Crippen molar-refractivity contribution in [3.8, 4) is 0 Å². The Hall–Kier alpha value is -1.45. The molecule has 21 heavy (non-hydrogen) atoms. The van der Waals surface area contributed by atoms with Crippen LogP contribution >= 0.6 is 23.4 Å². The quantitative estimate of drug-likeness (QED) is 0.866. The Morgan fingerprint density at radius 1 is 1.24 bits per heavy atom. The van der Waals surface area contributed by atoms with Crippen LogP contribution in [0, 0.1) is 0 Å². The molecule has 0 radical (unpaired) electrons. The van der Waals surface area contributed by atoms with Crippen LogP contribution < -0.4 is 5.32 Å². The van der Waals surface area contributed by atoms with Gasteiger partial charge >= 0.3 is 0 Å². The van der Waals surface area contributed by atoms with Crippen LogP contribution in [0.3, 0.4) is 0 Å². The van der Waals surface area contributed by atoms with Crippen LogP contribution in [0.25, 0.3) is 0 Å². The highest BCUT2D eigenvalue weighted by Crippen LogP contribution is 2.18. The third kappa shape index (κ3) is 4.51. The lowest BCUT2D eigenvalue weighted by atomic mass is 10.1. The molecule has 0 aromatic heterocycles. The highest BCUT2D eigenvalue weighted by Gasteiger charge is 2.11. The molecule has 0 unspecified atom stereocenters. The summed E-state index contributed by atoms with van der Waals surface area (Å²) >= 11 is 7.74. The largest absolute Gasteiger partial charge is 0.346 e. The van der Waals surface area contributed by atoms with Gasteiger partial charge in [0.25, 0.3) is 5.91 Å². The molecule has 2 aromatic carbocycles. The molecule has 0 heterocycles. The van der Waals surface area contributed by atoms with Gasteiger partial charge in [-0.3, -0.25) is 4.79 Å². The van der Waals surface area contributed by atoms with Crippen molar-refractivity contribution >= 4 is 29.3 Å². The molecule has 1 N–H and O–H groups in total. The summed E-state index contributed by atoms with van der Waals surface area (Å²) in [5, 5.41) is 3.66. The number of thioether (sulfide) groups is 1. The van der Waals surface area contributed by atoms with Crippen LogP contribution in [-0.4, -0.2) is 12.2 Å². The maximum absolute atomic E-state index is 12.2. The average molecular weight is 320 g/mol. The van der Waals surface area contributed by atoms with Gasteiger partial charge < -0.3 is 5.32 Å². The maximum atomic E-state index is 12.2. The van der Waals surface area contributed by atoms with E-state index in [4.69, 9.17) is 11.6 Å². The summed E-state index contributed by atoms with van der Waals surface area (Å²) < 4.78 is 0. The first kappa shape index (κ1) is 15.9. The molecule has 2 rings (SSSR count). The van der Waals surface area contributed by atoms with Gasteiger partial charge in [-0.05, 0) is 48.6 Å². The fourth-order valence-corrected chi connectivity index (χ4v) is 2.78. The zero-order valence-corrected chi connectivity index (χ0v) is 13.7. The van der Waals surface area contributed by atoms with Crippen molar-refractivity contribution < 1.29 is 4.79 Å². The van der Waals surface area contributed by atoms with Gasteiger partial charge in [0.1, 0.15) is 0 Å². The van der Waals surface area contributed by atoms with Crippen molar-refractivity contribution in [1.29, 1.82) is 0 Å². The van der Waals surface area contributed by atoms with E-state index in [-0.39, 0.29) is 11.9 Å². The minimum absolute atomic E-state index is 0.0711. The minimum atomic E-state index is -0.0814. The molecule has 0 aliphatic carbocycles. The monoisotopic (exact) mass is 319 g/mol. The van der Waals surface area contributed by atoms with Crippen molar-refractivity contribution in [3.63, 3.8) is 0 Å². The van der Waals surface area contributed by atoms with Crippen molar-refractivity contribution in [2.75, 3.05) is 6.26 Å². The Morgan fingerprint density at radius 2 is 1.95 bits per heavy atom. The number of hydrogen-bond acceptors (Lipinski definition) is 2. The van der Waals surface area contributed by atoms with Crippen LogP contribution in [0.15, 0.2) is 48.5 Å². The number of hydrogen-bond donors (Lipinski definition) is 1. The molecule has 0 fully saturated rings. The molecule has 0 aliphatic rings. The second kappa shape index (κ2) is 7.53. The van der Waals surface area contributed by atoms with E-state index in [2.05, 4.69) is 11.6 Å². The SMILES string of the molecule is CSCc1ccc(C(=O)N[C@H](C)c2cccc(Cl)c2)cc1. The minimum Gasteiger partial charge on any atom is -0.346 e. The summed E-state index contributed by atoms with van der Waals surface area (Å²) in [6, 6.07) is 15.2. The van der Waals surface area contributed by atoms with Crippen LogP contribution in [-0.2, 0) is 5.75 Å². The lowest BCUT2D eigenvalue weighted by Gasteiger charge is -2.15.